The van der Waals surface area contributed by atoms with Gasteiger partial charge in [-0.15, -0.1) is 0 Å². The Hall–Kier alpha value is -0.950. The highest BCUT2D eigenvalue weighted by atomic mass is 32.2. The van der Waals surface area contributed by atoms with Crippen molar-refractivity contribution < 1.29 is 13.2 Å². The van der Waals surface area contributed by atoms with E-state index in [1.54, 1.807) is 28.6 Å². The zero-order valence-corrected chi connectivity index (χ0v) is 13.6. The molecule has 1 fully saturated rings. The molecule has 0 spiro atoms. The molecule has 5 nitrogen and oxygen atoms in total. The number of sulfonamides is 1. The summed E-state index contributed by atoms with van der Waals surface area (Å²) in [6, 6.07) is 8.59. The molecule has 6 heteroatoms. The summed E-state index contributed by atoms with van der Waals surface area (Å²) in [7, 11) is -3.43. The van der Waals surface area contributed by atoms with Gasteiger partial charge in [-0.1, -0.05) is 18.2 Å². The molecule has 1 aromatic rings. The van der Waals surface area contributed by atoms with Crippen LogP contribution in [-0.2, 0) is 14.8 Å². The molecule has 1 saturated heterocycles. The number of hydrogen-bond acceptors (Lipinski definition) is 4. The number of morpholine rings is 1. The van der Waals surface area contributed by atoms with E-state index in [9.17, 15) is 8.42 Å². The first-order valence-electron chi connectivity index (χ1n) is 7.39. The van der Waals surface area contributed by atoms with Crippen LogP contribution < -0.4 is 0 Å². The van der Waals surface area contributed by atoms with Crippen molar-refractivity contribution in [2.75, 3.05) is 39.4 Å². The number of hydrogen-bond donors (Lipinski definition) is 0. The minimum Gasteiger partial charge on any atom is -0.379 e. The first-order valence-corrected chi connectivity index (χ1v) is 8.83. The molecule has 0 atom stereocenters. The number of rotatable bonds is 6. The summed E-state index contributed by atoms with van der Waals surface area (Å²) >= 11 is 0. The molecule has 0 amide bonds. The van der Waals surface area contributed by atoms with E-state index < -0.39 is 10.0 Å². The van der Waals surface area contributed by atoms with Crippen molar-refractivity contribution in [2.24, 2.45) is 0 Å². The van der Waals surface area contributed by atoms with Crippen LogP contribution in [0, 0.1) is 0 Å². The number of nitrogens with zero attached hydrogens (tertiary/aromatic N) is 2. The highest BCUT2D eigenvalue weighted by Crippen LogP contribution is 2.17. The fourth-order valence-corrected chi connectivity index (χ4v) is 4.10. The largest absolute Gasteiger partial charge is 0.379 e. The lowest BCUT2D eigenvalue weighted by Crippen LogP contribution is -2.45. The van der Waals surface area contributed by atoms with Crippen molar-refractivity contribution in [1.29, 1.82) is 0 Å². The molecule has 0 bridgehead atoms. The van der Waals surface area contributed by atoms with E-state index in [0.29, 0.717) is 11.4 Å². The maximum atomic E-state index is 12.7. The smallest absolute Gasteiger partial charge is 0.243 e. The van der Waals surface area contributed by atoms with E-state index in [4.69, 9.17) is 4.74 Å². The predicted molar refractivity (Wildman–Crippen MR) is 82.7 cm³/mol. The Balaban J connectivity index is 2.07. The van der Waals surface area contributed by atoms with Gasteiger partial charge in [0, 0.05) is 32.2 Å². The van der Waals surface area contributed by atoms with E-state index in [-0.39, 0.29) is 6.04 Å². The first-order chi connectivity index (χ1) is 10.0. The fraction of sp³-hybridized carbons (Fsp3) is 0.600. The van der Waals surface area contributed by atoms with Gasteiger partial charge in [0.1, 0.15) is 0 Å². The molecule has 21 heavy (non-hydrogen) atoms. The van der Waals surface area contributed by atoms with Gasteiger partial charge in [0.25, 0.3) is 0 Å². The summed E-state index contributed by atoms with van der Waals surface area (Å²) in [5.41, 5.74) is 0. The minimum atomic E-state index is -3.43. The van der Waals surface area contributed by atoms with E-state index in [2.05, 4.69) is 4.90 Å². The van der Waals surface area contributed by atoms with Gasteiger partial charge in [-0.05, 0) is 26.0 Å². The van der Waals surface area contributed by atoms with Gasteiger partial charge in [-0.2, -0.15) is 4.31 Å². The zero-order valence-electron chi connectivity index (χ0n) is 12.7. The van der Waals surface area contributed by atoms with Gasteiger partial charge < -0.3 is 4.74 Å². The van der Waals surface area contributed by atoms with Crippen LogP contribution in [0.4, 0.5) is 0 Å². The highest BCUT2D eigenvalue weighted by Gasteiger charge is 2.27. The average Bonchev–Trinajstić information content (AvgIpc) is 2.49. The van der Waals surface area contributed by atoms with Crippen molar-refractivity contribution in [3.05, 3.63) is 30.3 Å². The van der Waals surface area contributed by atoms with Crippen molar-refractivity contribution in [3.63, 3.8) is 0 Å². The summed E-state index contributed by atoms with van der Waals surface area (Å²) < 4.78 is 32.4. The van der Waals surface area contributed by atoms with Crippen LogP contribution in [0.15, 0.2) is 35.2 Å². The third-order valence-corrected chi connectivity index (χ3v) is 5.76. The number of benzene rings is 1. The van der Waals surface area contributed by atoms with Crippen molar-refractivity contribution in [3.8, 4) is 0 Å². The van der Waals surface area contributed by atoms with Crippen molar-refractivity contribution in [2.45, 2.75) is 24.8 Å². The molecule has 1 aliphatic heterocycles. The molecule has 0 aliphatic carbocycles. The van der Waals surface area contributed by atoms with Crippen LogP contribution in [-0.4, -0.2) is 63.1 Å². The Morgan fingerprint density at radius 1 is 1.19 bits per heavy atom. The third kappa shape index (κ3) is 4.26. The van der Waals surface area contributed by atoms with Crippen molar-refractivity contribution >= 4 is 10.0 Å². The van der Waals surface area contributed by atoms with Gasteiger partial charge in [0.2, 0.25) is 10.0 Å². The van der Waals surface area contributed by atoms with E-state index in [1.807, 2.05) is 19.9 Å². The van der Waals surface area contributed by atoms with E-state index in [0.717, 1.165) is 32.8 Å². The molecule has 2 rings (SSSR count). The van der Waals surface area contributed by atoms with E-state index >= 15 is 0 Å². The normalized spacial score (nSPS) is 17.5. The van der Waals surface area contributed by atoms with Crippen LogP contribution in [0.3, 0.4) is 0 Å². The molecule has 118 valence electrons. The molecule has 0 saturated carbocycles. The van der Waals surface area contributed by atoms with E-state index in [1.165, 1.54) is 0 Å². The lowest BCUT2D eigenvalue weighted by atomic mass is 10.3. The molecule has 1 heterocycles. The maximum Gasteiger partial charge on any atom is 0.243 e. The molecule has 0 aromatic heterocycles. The Morgan fingerprint density at radius 3 is 2.38 bits per heavy atom. The molecule has 0 N–H and O–H groups in total. The second-order valence-corrected chi connectivity index (χ2v) is 7.37. The summed E-state index contributed by atoms with van der Waals surface area (Å²) in [4.78, 5) is 2.61. The predicted octanol–water partition coefficient (Wildman–Crippen LogP) is 1.42. The van der Waals surface area contributed by atoms with Crippen LogP contribution in [0.25, 0.3) is 0 Å². The van der Waals surface area contributed by atoms with Crippen LogP contribution in [0.5, 0.6) is 0 Å². The molecule has 0 unspecified atom stereocenters. The summed E-state index contributed by atoms with van der Waals surface area (Å²) in [5.74, 6) is 0. The molecule has 0 radical (unpaired) electrons. The van der Waals surface area contributed by atoms with Gasteiger partial charge >= 0.3 is 0 Å². The van der Waals surface area contributed by atoms with Gasteiger partial charge in [0.15, 0.2) is 0 Å². The fourth-order valence-electron chi connectivity index (χ4n) is 2.45. The molecular weight excluding hydrogens is 288 g/mol. The monoisotopic (exact) mass is 312 g/mol. The Bertz CT molecular complexity index is 525. The summed E-state index contributed by atoms with van der Waals surface area (Å²) in [6.45, 7) is 8.29. The highest BCUT2D eigenvalue weighted by molar-refractivity contribution is 7.89. The molecule has 1 aliphatic rings. The second kappa shape index (κ2) is 7.35. The van der Waals surface area contributed by atoms with Gasteiger partial charge in [-0.25, -0.2) is 8.42 Å². The molecular formula is C15H24N2O3S. The molecule has 1 aromatic carbocycles. The quantitative estimate of drug-likeness (QED) is 0.797. The maximum absolute atomic E-state index is 12.7. The van der Waals surface area contributed by atoms with Crippen LogP contribution in [0.2, 0.25) is 0 Å². The topological polar surface area (TPSA) is 49.9 Å². The van der Waals surface area contributed by atoms with Crippen LogP contribution in [0.1, 0.15) is 13.8 Å². The van der Waals surface area contributed by atoms with Crippen LogP contribution >= 0.6 is 0 Å². The lowest BCUT2D eigenvalue weighted by molar-refractivity contribution is 0.0356. The standard InChI is InChI=1S/C15H24N2O3S/c1-14(2)17(9-8-16-10-12-20-13-11-16)21(18,19)15-6-4-3-5-7-15/h3-7,14H,8-13H2,1-2H3. The van der Waals surface area contributed by atoms with Gasteiger partial charge in [0.05, 0.1) is 18.1 Å². The Labute approximate surface area is 127 Å². The van der Waals surface area contributed by atoms with Crippen molar-refractivity contribution in [1.82, 2.24) is 9.21 Å². The summed E-state index contributed by atoms with van der Waals surface area (Å²) in [6.07, 6.45) is 0. The Morgan fingerprint density at radius 2 is 1.81 bits per heavy atom. The average molecular weight is 312 g/mol. The third-order valence-electron chi connectivity index (χ3n) is 3.67. The van der Waals surface area contributed by atoms with Gasteiger partial charge in [-0.3, -0.25) is 4.90 Å². The second-order valence-electron chi connectivity index (χ2n) is 5.48. The minimum absolute atomic E-state index is 0.0590. The first kappa shape index (κ1) is 16.4. The SMILES string of the molecule is CC(C)N(CCN1CCOCC1)S(=O)(=O)c1ccccc1. The number of ether oxygens (including phenoxy) is 1. The lowest BCUT2D eigenvalue weighted by Gasteiger charge is -2.31. The zero-order chi connectivity index (χ0) is 15.3. The Kier molecular flexibility index (Phi) is 5.75. The summed E-state index contributed by atoms with van der Waals surface area (Å²) in [5, 5.41) is 0.